The summed E-state index contributed by atoms with van der Waals surface area (Å²) in [6.07, 6.45) is 3.25. The van der Waals surface area contributed by atoms with E-state index in [4.69, 9.17) is 4.74 Å². The number of ether oxygens (including phenoxy) is 1. The van der Waals surface area contributed by atoms with Gasteiger partial charge in [-0.2, -0.15) is 0 Å². The number of carbonyl (C=O) groups is 1. The molecule has 2 aromatic heterocycles. The summed E-state index contributed by atoms with van der Waals surface area (Å²) in [6, 6.07) is 9.10. The Kier molecular flexibility index (Phi) is 5.75. The van der Waals surface area contributed by atoms with Crippen molar-refractivity contribution in [3.05, 3.63) is 64.6 Å². The number of rotatable bonds is 4. The van der Waals surface area contributed by atoms with Gasteiger partial charge in [-0.05, 0) is 40.2 Å². The van der Waals surface area contributed by atoms with Crippen LogP contribution in [-0.4, -0.2) is 17.6 Å². The molecule has 2 heterocycles. The second kappa shape index (κ2) is 8.03. The van der Waals surface area contributed by atoms with Crippen LogP contribution in [0.4, 0.5) is 5.69 Å². The van der Waals surface area contributed by atoms with Gasteiger partial charge in [-0.15, -0.1) is 22.7 Å². The van der Waals surface area contributed by atoms with Crippen LogP contribution < -0.4 is 24.8 Å². The first-order chi connectivity index (χ1) is 12.5. The molecular weight excluding hydrogens is 436 g/mol. The summed E-state index contributed by atoms with van der Waals surface area (Å²) in [5.74, 6) is 0.253. The summed E-state index contributed by atoms with van der Waals surface area (Å²) in [5.41, 5.74) is 0.448. The van der Waals surface area contributed by atoms with Crippen molar-refractivity contribution in [1.29, 1.82) is 0 Å². The monoisotopic (exact) mass is 450 g/mol. The fraction of sp³-hybridized carbons (Fsp3) is 0.111. The van der Waals surface area contributed by atoms with Crippen LogP contribution in [0.3, 0.4) is 0 Å². The molecule has 1 amide bonds. The van der Waals surface area contributed by atoms with Crippen molar-refractivity contribution < 1.29 is 9.53 Å². The Bertz CT molecular complexity index is 1130. The van der Waals surface area contributed by atoms with Crippen LogP contribution in [-0.2, 0) is 11.8 Å². The number of halogens is 1. The van der Waals surface area contributed by atoms with E-state index in [1.807, 2.05) is 29.7 Å². The number of thiazole rings is 1. The van der Waals surface area contributed by atoms with Gasteiger partial charge in [0.15, 0.2) is 0 Å². The van der Waals surface area contributed by atoms with Crippen LogP contribution in [0.15, 0.2) is 45.0 Å². The fourth-order valence-electron chi connectivity index (χ4n) is 2.27. The molecule has 0 radical (unpaired) electrons. The third-order valence-electron chi connectivity index (χ3n) is 3.54. The number of anilines is 1. The normalized spacial score (nSPS) is 12.4. The lowest BCUT2D eigenvalue weighted by Gasteiger charge is -2.07. The number of carbonyl (C=O) groups excluding carboxylic acids is 1. The Morgan fingerprint density at radius 3 is 2.81 bits per heavy atom. The number of benzene rings is 1. The largest absolute Gasteiger partial charge is 0.495 e. The Labute approximate surface area is 166 Å². The first kappa shape index (κ1) is 18.6. The van der Waals surface area contributed by atoms with E-state index in [-0.39, 0.29) is 11.5 Å². The zero-order chi connectivity index (χ0) is 18.7. The molecule has 1 aromatic carbocycles. The third kappa shape index (κ3) is 4.14. The number of aromatic nitrogens is 1. The van der Waals surface area contributed by atoms with Crippen molar-refractivity contribution in [2.24, 2.45) is 7.05 Å². The average molecular weight is 451 g/mol. The quantitative estimate of drug-likeness (QED) is 0.664. The highest BCUT2D eigenvalue weighted by molar-refractivity contribution is 9.10. The van der Waals surface area contributed by atoms with E-state index in [1.165, 1.54) is 22.0 Å². The van der Waals surface area contributed by atoms with Crippen LogP contribution in [0.1, 0.15) is 4.88 Å². The maximum atomic E-state index is 12.4. The SMILES string of the molecule is COc1ccccc1NC(=O)/C=c1/s/c(=C/c2cc(Br)cs2)c(=O)n1C. The molecule has 8 heteroatoms. The highest BCUT2D eigenvalue weighted by Gasteiger charge is 2.07. The fourth-order valence-corrected chi connectivity index (χ4v) is 4.74. The first-order valence-electron chi connectivity index (χ1n) is 7.55. The van der Waals surface area contributed by atoms with Gasteiger partial charge in [-0.25, -0.2) is 0 Å². The van der Waals surface area contributed by atoms with Crippen LogP contribution >= 0.6 is 38.6 Å². The molecule has 0 fully saturated rings. The summed E-state index contributed by atoms with van der Waals surface area (Å²) < 4.78 is 8.83. The summed E-state index contributed by atoms with van der Waals surface area (Å²) in [6.45, 7) is 0. The van der Waals surface area contributed by atoms with E-state index < -0.39 is 0 Å². The number of amides is 1. The van der Waals surface area contributed by atoms with Crippen molar-refractivity contribution in [3.8, 4) is 5.75 Å². The Hall–Kier alpha value is -2.16. The molecule has 0 saturated carbocycles. The van der Waals surface area contributed by atoms with E-state index in [1.54, 1.807) is 37.6 Å². The van der Waals surface area contributed by atoms with Gasteiger partial charge < -0.3 is 14.6 Å². The molecule has 0 saturated heterocycles. The molecule has 0 atom stereocenters. The Balaban J connectivity index is 1.94. The molecule has 0 aliphatic rings. The molecule has 5 nitrogen and oxygen atoms in total. The number of methoxy groups -OCH3 is 1. The maximum Gasteiger partial charge on any atom is 0.268 e. The second-order valence-electron chi connectivity index (χ2n) is 5.31. The molecule has 0 aliphatic heterocycles. The van der Waals surface area contributed by atoms with Gasteiger partial charge in [0.05, 0.1) is 17.3 Å². The molecule has 3 aromatic rings. The van der Waals surface area contributed by atoms with E-state index in [0.29, 0.717) is 20.6 Å². The van der Waals surface area contributed by atoms with Crippen LogP contribution in [0.2, 0.25) is 0 Å². The van der Waals surface area contributed by atoms with Gasteiger partial charge in [-0.3, -0.25) is 9.59 Å². The van der Waals surface area contributed by atoms with E-state index in [9.17, 15) is 9.59 Å². The number of nitrogens with zero attached hydrogens (tertiary/aromatic N) is 1. The maximum absolute atomic E-state index is 12.4. The number of thiophene rings is 1. The molecule has 0 aliphatic carbocycles. The van der Waals surface area contributed by atoms with Gasteiger partial charge >= 0.3 is 0 Å². The topological polar surface area (TPSA) is 60.3 Å². The van der Waals surface area contributed by atoms with E-state index >= 15 is 0 Å². The van der Waals surface area contributed by atoms with E-state index in [0.717, 1.165) is 9.35 Å². The highest BCUT2D eigenvalue weighted by atomic mass is 79.9. The minimum atomic E-state index is -0.322. The van der Waals surface area contributed by atoms with Crippen molar-refractivity contribution in [3.63, 3.8) is 0 Å². The van der Waals surface area contributed by atoms with Gasteiger partial charge in [0.25, 0.3) is 11.5 Å². The molecule has 1 N–H and O–H groups in total. The zero-order valence-corrected chi connectivity index (χ0v) is 17.2. The Morgan fingerprint density at radius 2 is 2.12 bits per heavy atom. The lowest BCUT2D eigenvalue weighted by atomic mass is 10.3. The minimum absolute atomic E-state index is 0.129. The van der Waals surface area contributed by atoms with Crippen molar-refractivity contribution in [2.45, 2.75) is 0 Å². The standard InChI is InChI=1S/C18H15BrN2O3S2/c1-21-17(9-16(22)20-13-5-3-4-6-14(13)24-2)26-15(18(21)23)8-12-7-11(19)10-25-12/h3-10H,1-2H3,(H,20,22)/b15-8+,17-9+. The molecule has 0 unspecified atom stereocenters. The van der Waals surface area contributed by atoms with Crippen molar-refractivity contribution in [2.75, 3.05) is 12.4 Å². The molecule has 134 valence electrons. The first-order valence-corrected chi connectivity index (χ1v) is 10.0. The second-order valence-corrected chi connectivity index (χ2v) is 8.23. The predicted molar refractivity (Wildman–Crippen MR) is 110 cm³/mol. The van der Waals surface area contributed by atoms with Crippen LogP contribution in [0.5, 0.6) is 5.75 Å². The molecule has 0 bridgehead atoms. The number of para-hydroxylation sites is 2. The van der Waals surface area contributed by atoms with Gasteiger partial charge in [-0.1, -0.05) is 12.1 Å². The molecule has 3 rings (SSSR count). The van der Waals surface area contributed by atoms with Gasteiger partial charge in [0.1, 0.15) is 10.4 Å². The van der Waals surface area contributed by atoms with Crippen molar-refractivity contribution in [1.82, 2.24) is 4.57 Å². The lowest BCUT2D eigenvalue weighted by Crippen LogP contribution is -2.29. The van der Waals surface area contributed by atoms with Gasteiger partial charge in [0, 0.05) is 27.9 Å². The molecule has 26 heavy (non-hydrogen) atoms. The lowest BCUT2D eigenvalue weighted by molar-refractivity contribution is -0.110. The summed E-state index contributed by atoms with van der Waals surface area (Å²) in [4.78, 5) is 25.7. The third-order valence-corrected chi connectivity index (χ3v) is 6.29. The summed E-state index contributed by atoms with van der Waals surface area (Å²) in [5, 5.41) is 4.73. The Morgan fingerprint density at radius 1 is 1.35 bits per heavy atom. The number of nitrogens with one attached hydrogen (secondary N) is 1. The number of hydrogen-bond donors (Lipinski definition) is 1. The van der Waals surface area contributed by atoms with Crippen LogP contribution in [0.25, 0.3) is 12.2 Å². The average Bonchev–Trinajstić information content (AvgIpc) is 3.14. The van der Waals surface area contributed by atoms with Crippen molar-refractivity contribution >= 4 is 62.4 Å². The predicted octanol–water partition coefficient (Wildman–Crippen LogP) is 2.53. The summed E-state index contributed by atoms with van der Waals surface area (Å²) in [7, 11) is 3.20. The smallest absolute Gasteiger partial charge is 0.268 e. The van der Waals surface area contributed by atoms with Gasteiger partial charge in [0.2, 0.25) is 0 Å². The van der Waals surface area contributed by atoms with Crippen LogP contribution in [0, 0.1) is 0 Å². The minimum Gasteiger partial charge on any atom is -0.495 e. The van der Waals surface area contributed by atoms with E-state index in [2.05, 4.69) is 21.2 Å². The number of hydrogen-bond acceptors (Lipinski definition) is 5. The molecular formula is C18H15BrN2O3S2. The zero-order valence-electron chi connectivity index (χ0n) is 14.0. The summed E-state index contributed by atoms with van der Waals surface area (Å²) >= 11 is 6.22. The molecule has 0 spiro atoms. The highest BCUT2D eigenvalue weighted by Crippen LogP contribution is 2.23.